The molecule has 0 aromatic heterocycles. The molecule has 0 aliphatic heterocycles. The van der Waals surface area contributed by atoms with Crippen LogP contribution in [0.3, 0.4) is 0 Å². The summed E-state index contributed by atoms with van der Waals surface area (Å²) in [5.41, 5.74) is -0.515. The van der Waals surface area contributed by atoms with E-state index < -0.39 is 17.4 Å². The second-order valence-electron chi connectivity index (χ2n) is 5.29. The van der Waals surface area contributed by atoms with Crippen LogP contribution in [-0.4, -0.2) is 41.1 Å². The van der Waals surface area contributed by atoms with Crippen molar-refractivity contribution in [1.29, 1.82) is 0 Å². The summed E-state index contributed by atoms with van der Waals surface area (Å²) in [7, 11) is 1.64. The molecule has 0 fully saturated rings. The number of urea groups is 1. The number of carboxylic acids is 1. The van der Waals surface area contributed by atoms with Crippen LogP contribution in [0, 0.1) is 5.41 Å². The van der Waals surface area contributed by atoms with Crippen molar-refractivity contribution in [3.63, 3.8) is 0 Å². The number of carboxylic acid groups (broad SMARTS) is 1. The lowest BCUT2D eigenvalue weighted by molar-refractivity contribution is -0.142. The predicted molar refractivity (Wildman–Crippen MR) is 62.3 cm³/mol. The zero-order valence-corrected chi connectivity index (χ0v) is 10.9. The maximum atomic E-state index is 11.7. The maximum Gasteiger partial charge on any atom is 0.326 e. The maximum absolute atomic E-state index is 11.7. The highest BCUT2D eigenvalue weighted by molar-refractivity contribution is 5.83. The standard InChI is InChI=1S/C11H22N2O3/c1-7(2)13(6)10(16)12-8(9(14)15)11(3,4)5/h7-8H,1-6H3,(H,12,16)(H,14,15)/t8-/m0/s1. The Hall–Kier alpha value is -1.26. The molecule has 2 N–H and O–H groups in total. The van der Waals surface area contributed by atoms with E-state index in [-0.39, 0.29) is 12.1 Å². The molecule has 0 spiro atoms. The highest BCUT2D eigenvalue weighted by Crippen LogP contribution is 2.19. The quantitative estimate of drug-likeness (QED) is 0.772. The van der Waals surface area contributed by atoms with E-state index >= 15 is 0 Å². The van der Waals surface area contributed by atoms with E-state index in [2.05, 4.69) is 5.32 Å². The van der Waals surface area contributed by atoms with Gasteiger partial charge >= 0.3 is 12.0 Å². The summed E-state index contributed by atoms with van der Waals surface area (Å²) in [6, 6.07) is -1.21. The van der Waals surface area contributed by atoms with Gasteiger partial charge in [-0.15, -0.1) is 0 Å². The zero-order valence-electron chi connectivity index (χ0n) is 10.9. The van der Waals surface area contributed by atoms with Crippen LogP contribution in [0.5, 0.6) is 0 Å². The molecule has 16 heavy (non-hydrogen) atoms. The summed E-state index contributed by atoms with van der Waals surface area (Å²) in [6.45, 7) is 9.07. The van der Waals surface area contributed by atoms with Gasteiger partial charge in [0.1, 0.15) is 6.04 Å². The van der Waals surface area contributed by atoms with Gasteiger partial charge in [0.05, 0.1) is 0 Å². The minimum Gasteiger partial charge on any atom is -0.480 e. The molecule has 0 aliphatic carbocycles. The van der Waals surface area contributed by atoms with E-state index in [1.54, 1.807) is 27.8 Å². The van der Waals surface area contributed by atoms with Crippen molar-refractivity contribution in [2.24, 2.45) is 5.41 Å². The van der Waals surface area contributed by atoms with Gasteiger partial charge in [-0.3, -0.25) is 0 Å². The lowest BCUT2D eigenvalue weighted by Crippen LogP contribution is -2.53. The van der Waals surface area contributed by atoms with Crippen LogP contribution >= 0.6 is 0 Å². The van der Waals surface area contributed by atoms with Crippen molar-refractivity contribution in [2.75, 3.05) is 7.05 Å². The first-order valence-electron chi connectivity index (χ1n) is 5.33. The van der Waals surface area contributed by atoms with Gasteiger partial charge in [0.15, 0.2) is 0 Å². The van der Waals surface area contributed by atoms with E-state index in [0.717, 1.165) is 0 Å². The zero-order chi connectivity index (χ0) is 13.1. The number of carbonyl (C=O) groups excluding carboxylic acids is 1. The third-order valence-corrected chi connectivity index (χ3v) is 2.48. The summed E-state index contributed by atoms with van der Waals surface area (Å²) in [6.07, 6.45) is 0. The summed E-state index contributed by atoms with van der Waals surface area (Å²) in [5, 5.41) is 11.6. The summed E-state index contributed by atoms with van der Waals surface area (Å²) in [4.78, 5) is 24.2. The van der Waals surface area contributed by atoms with Crippen molar-refractivity contribution in [1.82, 2.24) is 10.2 Å². The van der Waals surface area contributed by atoms with E-state index in [1.807, 2.05) is 13.8 Å². The number of nitrogens with zero attached hydrogens (tertiary/aromatic N) is 1. The van der Waals surface area contributed by atoms with Crippen LogP contribution in [0.4, 0.5) is 4.79 Å². The summed E-state index contributed by atoms with van der Waals surface area (Å²) < 4.78 is 0. The monoisotopic (exact) mass is 230 g/mol. The molecule has 0 saturated carbocycles. The van der Waals surface area contributed by atoms with Gasteiger partial charge in [-0.25, -0.2) is 9.59 Å². The molecule has 1 atom stereocenters. The molecule has 5 nitrogen and oxygen atoms in total. The highest BCUT2D eigenvalue weighted by Gasteiger charge is 2.33. The molecular weight excluding hydrogens is 208 g/mol. The van der Waals surface area contributed by atoms with Crippen molar-refractivity contribution in [2.45, 2.75) is 46.7 Å². The molecule has 2 amide bonds. The molecule has 0 aromatic rings. The Morgan fingerprint density at radius 2 is 1.69 bits per heavy atom. The van der Waals surface area contributed by atoms with Gasteiger partial charge in [-0.05, 0) is 19.3 Å². The van der Waals surface area contributed by atoms with Crippen LogP contribution in [0.2, 0.25) is 0 Å². The molecular formula is C11H22N2O3. The van der Waals surface area contributed by atoms with Gasteiger partial charge in [-0.1, -0.05) is 20.8 Å². The minimum atomic E-state index is -1.02. The fourth-order valence-electron chi connectivity index (χ4n) is 1.11. The molecule has 0 bridgehead atoms. The number of hydrogen-bond donors (Lipinski definition) is 2. The van der Waals surface area contributed by atoms with Gasteiger partial charge in [0, 0.05) is 13.1 Å². The molecule has 0 radical (unpaired) electrons. The average Bonchev–Trinajstić information content (AvgIpc) is 2.09. The Labute approximate surface area is 96.8 Å². The average molecular weight is 230 g/mol. The number of hydrogen-bond acceptors (Lipinski definition) is 2. The SMILES string of the molecule is CC(C)N(C)C(=O)N[C@@H](C(=O)O)C(C)(C)C. The molecule has 0 aliphatic rings. The topological polar surface area (TPSA) is 69.6 Å². The fraction of sp³-hybridized carbons (Fsp3) is 0.818. The minimum absolute atomic E-state index is 0.0365. The molecule has 5 heteroatoms. The van der Waals surface area contributed by atoms with Crippen LogP contribution in [0.1, 0.15) is 34.6 Å². The smallest absolute Gasteiger partial charge is 0.326 e. The van der Waals surface area contributed by atoms with Crippen LogP contribution < -0.4 is 5.32 Å². The van der Waals surface area contributed by atoms with Gasteiger partial charge < -0.3 is 15.3 Å². The Morgan fingerprint density at radius 1 is 1.25 bits per heavy atom. The van der Waals surface area contributed by atoms with Crippen LogP contribution in [0.25, 0.3) is 0 Å². The lowest BCUT2D eigenvalue weighted by atomic mass is 9.87. The first kappa shape index (κ1) is 14.7. The second kappa shape index (κ2) is 5.18. The van der Waals surface area contributed by atoms with Gasteiger partial charge in [0.25, 0.3) is 0 Å². The molecule has 0 heterocycles. The lowest BCUT2D eigenvalue weighted by Gasteiger charge is -2.31. The number of carbonyl (C=O) groups is 2. The van der Waals surface area contributed by atoms with Crippen molar-refractivity contribution >= 4 is 12.0 Å². The van der Waals surface area contributed by atoms with Crippen molar-refractivity contribution < 1.29 is 14.7 Å². The Morgan fingerprint density at radius 3 is 1.94 bits per heavy atom. The normalized spacial score (nSPS) is 13.4. The molecule has 0 unspecified atom stereocenters. The fourth-order valence-corrected chi connectivity index (χ4v) is 1.11. The molecule has 0 saturated heterocycles. The van der Waals surface area contributed by atoms with Crippen LogP contribution in [-0.2, 0) is 4.79 Å². The number of nitrogens with one attached hydrogen (secondary N) is 1. The number of aliphatic carboxylic acids is 1. The first-order chi connectivity index (χ1) is 7.07. The predicted octanol–water partition coefficient (Wildman–Crippen LogP) is 1.54. The van der Waals surface area contributed by atoms with Gasteiger partial charge in [0.2, 0.25) is 0 Å². The second-order valence-corrected chi connectivity index (χ2v) is 5.29. The highest BCUT2D eigenvalue weighted by atomic mass is 16.4. The van der Waals surface area contributed by atoms with Crippen LogP contribution in [0.15, 0.2) is 0 Å². The van der Waals surface area contributed by atoms with E-state index in [1.165, 1.54) is 4.90 Å². The van der Waals surface area contributed by atoms with Gasteiger partial charge in [-0.2, -0.15) is 0 Å². The van der Waals surface area contributed by atoms with Crippen molar-refractivity contribution in [3.05, 3.63) is 0 Å². The molecule has 0 aromatic carbocycles. The van der Waals surface area contributed by atoms with E-state index in [0.29, 0.717) is 0 Å². The number of rotatable bonds is 3. The Balaban J connectivity index is 4.67. The van der Waals surface area contributed by atoms with E-state index in [4.69, 9.17) is 5.11 Å². The summed E-state index contributed by atoms with van der Waals surface area (Å²) >= 11 is 0. The van der Waals surface area contributed by atoms with E-state index in [9.17, 15) is 9.59 Å². The Kier molecular flexibility index (Phi) is 4.78. The third kappa shape index (κ3) is 4.08. The first-order valence-corrected chi connectivity index (χ1v) is 5.33. The number of amides is 2. The molecule has 0 rings (SSSR count). The molecule has 94 valence electrons. The Bertz CT molecular complexity index is 269. The third-order valence-electron chi connectivity index (χ3n) is 2.48. The largest absolute Gasteiger partial charge is 0.480 e. The summed E-state index contributed by atoms with van der Waals surface area (Å²) in [5.74, 6) is -1.02. The van der Waals surface area contributed by atoms with Crippen molar-refractivity contribution in [3.8, 4) is 0 Å².